The second kappa shape index (κ2) is 6.39. The van der Waals surface area contributed by atoms with Crippen LogP contribution in [0.1, 0.15) is 45.9 Å². The van der Waals surface area contributed by atoms with E-state index in [9.17, 15) is 9.59 Å². The standard InChI is InChI=1S/C12H18N2O3S/c1-4-6-14-11(15)8-7(5-2)9(12(16)17-3)18-10(8)13/h4-6,13H2,1-3H3,(H,14,15). The van der Waals surface area contributed by atoms with Crippen molar-refractivity contribution in [2.45, 2.75) is 26.7 Å². The van der Waals surface area contributed by atoms with Crippen LogP contribution < -0.4 is 11.1 Å². The normalized spacial score (nSPS) is 10.2. The summed E-state index contributed by atoms with van der Waals surface area (Å²) < 4.78 is 4.69. The monoisotopic (exact) mass is 270 g/mol. The quantitative estimate of drug-likeness (QED) is 0.800. The zero-order valence-corrected chi connectivity index (χ0v) is 11.6. The van der Waals surface area contributed by atoms with Gasteiger partial charge in [0.25, 0.3) is 5.91 Å². The zero-order valence-electron chi connectivity index (χ0n) is 10.8. The van der Waals surface area contributed by atoms with Gasteiger partial charge in [-0.05, 0) is 18.4 Å². The molecule has 0 saturated heterocycles. The fourth-order valence-corrected chi connectivity index (χ4v) is 2.73. The molecular weight excluding hydrogens is 252 g/mol. The van der Waals surface area contributed by atoms with Crippen molar-refractivity contribution < 1.29 is 14.3 Å². The summed E-state index contributed by atoms with van der Waals surface area (Å²) in [6.07, 6.45) is 1.41. The Morgan fingerprint density at radius 2 is 2.06 bits per heavy atom. The lowest BCUT2D eigenvalue weighted by Gasteiger charge is -2.06. The summed E-state index contributed by atoms with van der Waals surface area (Å²) >= 11 is 1.10. The number of rotatable bonds is 5. The Bertz CT molecular complexity index is 454. The third kappa shape index (κ3) is 2.81. The maximum atomic E-state index is 12.0. The molecule has 0 aromatic carbocycles. The molecule has 1 aromatic rings. The first kappa shape index (κ1) is 14.5. The van der Waals surface area contributed by atoms with Crippen LogP contribution in [0.2, 0.25) is 0 Å². The second-order valence-electron chi connectivity index (χ2n) is 3.75. The number of ether oxygens (including phenoxy) is 1. The lowest BCUT2D eigenvalue weighted by molar-refractivity contribution is 0.0605. The van der Waals surface area contributed by atoms with Gasteiger partial charge in [0.2, 0.25) is 0 Å². The number of nitrogen functional groups attached to an aromatic ring is 1. The van der Waals surface area contributed by atoms with Crippen LogP contribution in [-0.4, -0.2) is 25.5 Å². The molecule has 0 spiro atoms. The van der Waals surface area contributed by atoms with Gasteiger partial charge in [-0.1, -0.05) is 13.8 Å². The van der Waals surface area contributed by atoms with Gasteiger partial charge < -0.3 is 15.8 Å². The lowest BCUT2D eigenvalue weighted by atomic mass is 10.1. The predicted molar refractivity (Wildman–Crippen MR) is 72.1 cm³/mol. The van der Waals surface area contributed by atoms with Crippen LogP contribution in [0.5, 0.6) is 0 Å². The minimum atomic E-state index is -0.446. The van der Waals surface area contributed by atoms with E-state index >= 15 is 0 Å². The Morgan fingerprint density at radius 3 is 2.56 bits per heavy atom. The molecule has 1 heterocycles. The highest BCUT2D eigenvalue weighted by Crippen LogP contribution is 2.32. The number of anilines is 1. The summed E-state index contributed by atoms with van der Waals surface area (Å²) in [6, 6.07) is 0. The number of nitrogens with two attached hydrogens (primary N) is 1. The highest BCUT2D eigenvalue weighted by molar-refractivity contribution is 7.18. The van der Waals surface area contributed by atoms with Gasteiger partial charge in [0.05, 0.1) is 17.7 Å². The summed E-state index contributed by atoms with van der Waals surface area (Å²) in [5.41, 5.74) is 6.91. The van der Waals surface area contributed by atoms with Crippen molar-refractivity contribution in [2.24, 2.45) is 0 Å². The number of amides is 1. The first-order chi connectivity index (χ1) is 8.56. The summed E-state index contributed by atoms with van der Waals surface area (Å²) in [5.74, 6) is -0.671. The fraction of sp³-hybridized carbons (Fsp3) is 0.500. The molecule has 5 nitrogen and oxygen atoms in total. The summed E-state index contributed by atoms with van der Waals surface area (Å²) in [5, 5.41) is 3.13. The van der Waals surface area contributed by atoms with Crippen LogP contribution in [0.3, 0.4) is 0 Å². The molecule has 1 amide bonds. The number of carbonyl (C=O) groups excluding carboxylic acids is 2. The molecule has 0 aliphatic carbocycles. The van der Waals surface area contributed by atoms with Crippen LogP contribution >= 0.6 is 11.3 Å². The molecule has 0 radical (unpaired) electrons. The topological polar surface area (TPSA) is 81.4 Å². The number of methoxy groups -OCH3 is 1. The molecule has 0 unspecified atom stereocenters. The second-order valence-corrected chi connectivity index (χ2v) is 4.80. The van der Waals surface area contributed by atoms with E-state index < -0.39 is 5.97 Å². The molecule has 18 heavy (non-hydrogen) atoms. The van der Waals surface area contributed by atoms with Crippen molar-refractivity contribution in [3.63, 3.8) is 0 Å². The number of hydrogen-bond acceptors (Lipinski definition) is 5. The van der Waals surface area contributed by atoms with E-state index in [-0.39, 0.29) is 5.91 Å². The molecule has 0 saturated carbocycles. The Morgan fingerprint density at radius 1 is 1.39 bits per heavy atom. The third-order valence-electron chi connectivity index (χ3n) is 2.52. The zero-order chi connectivity index (χ0) is 13.7. The molecular formula is C12H18N2O3S. The van der Waals surface area contributed by atoms with Crippen LogP contribution in [-0.2, 0) is 11.2 Å². The van der Waals surface area contributed by atoms with E-state index in [1.807, 2.05) is 13.8 Å². The predicted octanol–water partition coefficient (Wildman–Crippen LogP) is 1.82. The minimum Gasteiger partial charge on any atom is -0.465 e. The first-order valence-electron chi connectivity index (χ1n) is 5.84. The molecule has 1 rings (SSSR count). The maximum Gasteiger partial charge on any atom is 0.348 e. The summed E-state index contributed by atoms with van der Waals surface area (Å²) in [4.78, 5) is 24.0. The van der Waals surface area contributed by atoms with Gasteiger partial charge >= 0.3 is 5.97 Å². The first-order valence-corrected chi connectivity index (χ1v) is 6.66. The highest BCUT2D eigenvalue weighted by atomic mass is 32.1. The van der Waals surface area contributed by atoms with Crippen LogP contribution in [0.25, 0.3) is 0 Å². The van der Waals surface area contributed by atoms with Crippen molar-refractivity contribution >= 4 is 28.2 Å². The van der Waals surface area contributed by atoms with Gasteiger partial charge in [0, 0.05) is 6.54 Å². The third-order valence-corrected chi connectivity index (χ3v) is 3.56. The van der Waals surface area contributed by atoms with Crippen LogP contribution in [0.4, 0.5) is 5.00 Å². The number of carbonyl (C=O) groups is 2. The molecule has 6 heteroatoms. The average Bonchev–Trinajstić information content (AvgIpc) is 2.71. The van der Waals surface area contributed by atoms with Gasteiger partial charge in [-0.2, -0.15) is 0 Å². The van der Waals surface area contributed by atoms with Gasteiger partial charge in [-0.15, -0.1) is 11.3 Å². The molecule has 0 atom stereocenters. The van der Waals surface area contributed by atoms with E-state index in [1.54, 1.807) is 0 Å². The Kier molecular flexibility index (Phi) is 5.15. The van der Waals surface area contributed by atoms with Gasteiger partial charge in [-0.25, -0.2) is 4.79 Å². The number of hydrogen-bond donors (Lipinski definition) is 2. The fourth-order valence-electron chi connectivity index (χ4n) is 1.66. The SMILES string of the molecule is CCCNC(=O)c1c(N)sc(C(=O)OC)c1CC. The Labute approximate surface area is 110 Å². The van der Waals surface area contributed by atoms with Crippen molar-refractivity contribution in [3.8, 4) is 0 Å². The molecule has 0 aliphatic heterocycles. The lowest BCUT2D eigenvalue weighted by Crippen LogP contribution is -2.25. The van der Waals surface area contributed by atoms with Crippen LogP contribution in [0.15, 0.2) is 0 Å². The molecule has 100 valence electrons. The minimum absolute atomic E-state index is 0.224. The largest absolute Gasteiger partial charge is 0.465 e. The Balaban J connectivity index is 3.15. The number of nitrogens with one attached hydrogen (secondary N) is 1. The van der Waals surface area contributed by atoms with Crippen molar-refractivity contribution in [2.75, 3.05) is 19.4 Å². The summed E-state index contributed by atoms with van der Waals surface area (Å²) in [7, 11) is 1.31. The number of thiophene rings is 1. The van der Waals surface area contributed by atoms with Gasteiger partial charge in [-0.3, -0.25) is 4.79 Å². The highest BCUT2D eigenvalue weighted by Gasteiger charge is 2.24. The van der Waals surface area contributed by atoms with Crippen molar-refractivity contribution in [3.05, 3.63) is 16.0 Å². The molecule has 3 N–H and O–H groups in total. The smallest absolute Gasteiger partial charge is 0.348 e. The van der Waals surface area contributed by atoms with E-state index in [2.05, 4.69) is 5.32 Å². The van der Waals surface area contributed by atoms with E-state index in [0.717, 1.165) is 17.8 Å². The van der Waals surface area contributed by atoms with Crippen molar-refractivity contribution in [1.29, 1.82) is 0 Å². The van der Waals surface area contributed by atoms with E-state index in [4.69, 9.17) is 10.5 Å². The maximum absolute atomic E-state index is 12.0. The Hall–Kier alpha value is -1.56. The average molecular weight is 270 g/mol. The molecule has 0 fully saturated rings. The van der Waals surface area contributed by atoms with E-state index in [1.165, 1.54) is 7.11 Å². The molecule has 0 aliphatic rings. The molecule has 0 bridgehead atoms. The van der Waals surface area contributed by atoms with Crippen molar-refractivity contribution in [1.82, 2.24) is 5.32 Å². The van der Waals surface area contributed by atoms with Crippen LogP contribution in [0, 0.1) is 0 Å². The summed E-state index contributed by atoms with van der Waals surface area (Å²) in [6.45, 7) is 4.44. The van der Waals surface area contributed by atoms with E-state index in [0.29, 0.717) is 34.0 Å². The van der Waals surface area contributed by atoms with Gasteiger partial charge in [0.15, 0.2) is 0 Å². The molecule has 1 aromatic heterocycles. The van der Waals surface area contributed by atoms with Gasteiger partial charge in [0.1, 0.15) is 4.88 Å². The number of esters is 1.